The van der Waals surface area contributed by atoms with Gasteiger partial charge in [0.05, 0.1) is 6.54 Å². The molecule has 0 aromatic heterocycles. The molecule has 0 saturated carbocycles. The van der Waals surface area contributed by atoms with Gasteiger partial charge in [-0.05, 0) is 31.6 Å². The molecule has 1 saturated heterocycles. The number of hydrogen-bond acceptors (Lipinski definition) is 2. The molecule has 0 radical (unpaired) electrons. The van der Waals surface area contributed by atoms with Gasteiger partial charge in [-0.1, -0.05) is 20.8 Å². The van der Waals surface area contributed by atoms with Gasteiger partial charge in [-0.3, -0.25) is 9.59 Å². The van der Waals surface area contributed by atoms with Crippen LogP contribution in [0.2, 0.25) is 0 Å². The van der Waals surface area contributed by atoms with Crippen LogP contribution in [-0.4, -0.2) is 36.3 Å². The van der Waals surface area contributed by atoms with Gasteiger partial charge in [-0.2, -0.15) is 0 Å². The second-order valence-electron chi connectivity index (χ2n) is 5.32. The van der Waals surface area contributed by atoms with Gasteiger partial charge < -0.3 is 10.2 Å². The summed E-state index contributed by atoms with van der Waals surface area (Å²) >= 11 is 0. The van der Waals surface area contributed by atoms with Crippen LogP contribution in [0.4, 0.5) is 0 Å². The normalized spacial score (nSPS) is 20.0. The minimum absolute atomic E-state index is 0.0124. The number of carbonyl (C=O) groups is 2. The minimum atomic E-state index is 0.0124. The molecule has 1 atom stereocenters. The monoisotopic (exact) mass is 254 g/mol. The molecule has 0 aromatic carbocycles. The zero-order valence-corrected chi connectivity index (χ0v) is 11.9. The summed E-state index contributed by atoms with van der Waals surface area (Å²) in [6.45, 7) is 8.00. The molecule has 4 nitrogen and oxygen atoms in total. The van der Waals surface area contributed by atoms with E-state index in [1.165, 1.54) is 6.42 Å². The molecule has 1 fully saturated rings. The predicted molar refractivity (Wildman–Crippen MR) is 72.1 cm³/mol. The highest BCUT2D eigenvalue weighted by Gasteiger charge is 2.22. The van der Waals surface area contributed by atoms with Crippen molar-refractivity contribution in [1.29, 1.82) is 0 Å². The molecular weight excluding hydrogens is 228 g/mol. The van der Waals surface area contributed by atoms with Crippen molar-refractivity contribution < 1.29 is 9.59 Å². The molecule has 1 rings (SSSR count). The number of likely N-dealkylation sites (tertiary alicyclic amines) is 1. The number of carbonyl (C=O) groups excluding carboxylic acids is 2. The number of nitrogens with zero attached hydrogens (tertiary/aromatic N) is 1. The molecule has 18 heavy (non-hydrogen) atoms. The highest BCUT2D eigenvalue weighted by atomic mass is 16.2. The summed E-state index contributed by atoms with van der Waals surface area (Å²) < 4.78 is 0. The van der Waals surface area contributed by atoms with E-state index in [4.69, 9.17) is 0 Å². The van der Waals surface area contributed by atoms with Crippen molar-refractivity contribution in [2.24, 2.45) is 11.8 Å². The number of piperidine rings is 1. The Morgan fingerprint density at radius 1 is 1.33 bits per heavy atom. The van der Waals surface area contributed by atoms with Gasteiger partial charge in [0.2, 0.25) is 11.8 Å². The Kier molecular flexibility index (Phi) is 6.16. The summed E-state index contributed by atoms with van der Waals surface area (Å²) in [5.74, 6) is 0.690. The maximum Gasteiger partial charge on any atom is 0.241 e. The second kappa shape index (κ2) is 7.39. The van der Waals surface area contributed by atoms with Gasteiger partial charge in [-0.25, -0.2) is 0 Å². The fourth-order valence-electron chi connectivity index (χ4n) is 2.49. The van der Waals surface area contributed by atoms with Gasteiger partial charge in [0.15, 0.2) is 0 Å². The molecule has 1 unspecified atom stereocenters. The molecule has 104 valence electrons. The first-order chi connectivity index (χ1) is 8.58. The van der Waals surface area contributed by atoms with Crippen LogP contribution in [0.3, 0.4) is 0 Å². The van der Waals surface area contributed by atoms with Crippen molar-refractivity contribution >= 4 is 11.8 Å². The molecule has 0 bridgehead atoms. The van der Waals surface area contributed by atoms with Crippen molar-refractivity contribution in [2.75, 3.05) is 19.6 Å². The molecule has 4 heteroatoms. The van der Waals surface area contributed by atoms with E-state index < -0.39 is 0 Å². The summed E-state index contributed by atoms with van der Waals surface area (Å²) in [5.41, 5.74) is 0. The van der Waals surface area contributed by atoms with Crippen LogP contribution in [0, 0.1) is 11.8 Å². The minimum Gasteiger partial charge on any atom is -0.347 e. The summed E-state index contributed by atoms with van der Waals surface area (Å²) in [6, 6.07) is 0. The number of nitrogens with one attached hydrogen (secondary N) is 1. The molecular formula is C14H26N2O2. The van der Waals surface area contributed by atoms with E-state index in [-0.39, 0.29) is 24.3 Å². The van der Waals surface area contributed by atoms with Crippen LogP contribution in [-0.2, 0) is 9.59 Å². The first kappa shape index (κ1) is 15.0. The van der Waals surface area contributed by atoms with Crippen molar-refractivity contribution in [3.8, 4) is 0 Å². The van der Waals surface area contributed by atoms with Gasteiger partial charge in [0, 0.05) is 19.0 Å². The van der Waals surface area contributed by atoms with Gasteiger partial charge >= 0.3 is 0 Å². The summed E-state index contributed by atoms with van der Waals surface area (Å²) in [5, 5.41) is 2.77. The molecule has 1 N–H and O–H groups in total. The first-order valence-electron chi connectivity index (χ1n) is 7.13. The van der Waals surface area contributed by atoms with E-state index in [1.807, 2.05) is 18.7 Å². The van der Waals surface area contributed by atoms with E-state index in [9.17, 15) is 9.59 Å². The molecule has 0 aromatic rings. The first-order valence-corrected chi connectivity index (χ1v) is 7.13. The largest absolute Gasteiger partial charge is 0.347 e. The fraction of sp³-hybridized carbons (Fsp3) is 0.857. The Balaban J connectivity index is 2.34. The third-order valence-electron chi connectivity index (χ3n) is 3.78. The lowest BCUT2D eigenvalue weighted by Crippen LogP contribution is -2.45. The van der Waals surface area contributed by atoms with Crippen LogP contribution in [0.1, 0.15) is 46.5 Å². The summed E-state index contributed by atoms with van der Waals surface area (Å²) in [4.78, 5) is 25.6. The maximum atomic E-state index is 12.0. The number of rotatable bonds is 5. The van der Waals surface area contributed by atoms with Crippen LogP contribution in [0.15, 0.2) is 0 Å². The van der Waals surface area contributed by atoms with Gasteiger partial charge in [0.25, 0.3) is 0 Å². The van der Waals surface area contributed by atoms with Crippen molar-refractivity contribution in [1.82, 2.24) is 10.2 Å². The highest BCUT2D eigenvalue weighted by molar-refractivity contribution is 5.85. The standard InChI is InChI=1S/C14H26N2O2/c1-4-12(5-2)14(18)15-9-13(17)16-8-6-7-11(3)10-16/h11-12H,4-10H2,1-3H3,(H,15,18). The Hall–Kier alpha value is -1.06. The van der Waals surface area contributed by atoms with E-state index in [1.54, 1.807) is 0 Å². The Morgan fingerprint density at radius 2 is 2.00 bits per heavy atom. The molecule has 1 aliphatic heterocycles. The lowest BCUT2D eigenvalue weighted by Gasteiger charge is -2.31. The lowest BCUT2D eigenvalue weighted by molar-refractivity contribution is -0.135. The summed E-state index contributed by atoms with van der Waals surface area (Å²) in [7, 11) is 0. The molecule has 0 aliphatic carbocycles. The third-order valence-corrected chi connectivity index (χ3v) is 3.78. The quantitative estimate of drug-likeness (QED) is 0.813. The predicted octanol–water partition coefficient (Wildman–Crippen LogP) is 1.80. The van der Waals surface area contributed by atoms with E-state index in [0.717, 1.165) is 32.4 Å². The average Bonchev–Trinajstić information content (AvgIpc) is 2.37. The average molecular weight is 254 g/mol. The zero-order chi connectivity index (χ0) is 13.5. The van der Waals surface area contributed by atoms with Crippen molar-refractivity contribution in [2.45, 2.75) is 46.5 Å². The van der Waals surface area contributed by atoms with Crippen LogP contribution < -0.4 is 5.32 Å². The van der Waals surface area contributed by atoms with Crippen molar-refractivity contribution in [3.05, 3.63) is 0 Å². The summed E-state index contributed by atoms with van der Waals surface area (Å²) in [6.07, 6.45) is 3.94. The van der Waals surface area contributed by atoms with Gasteiger partial charge in [0.1, 0.15) is 0 Å². The Bertz CT molecular complexity index is 288. The zero-order valence-electron chi connectivity index (χ0n) is 11.9. The van der Waals surface area contributed by atoms with Crippen molar-refractivity contribution in [3.63, 3.8) is 0 Å². The van der Waals surface area contributed by atoms with Crippen LogP contribution in [0.25, 0.3) is 0 Å². The molecule has 2 amide bonds. The molecule has 0 spiro atoms. The molecule has 1 aliphatic rings. The van der Waals surface area contributed by atoms with E-state index >= 15 is 0 Å². The second-order valence-corrected chi connectivity index (χ2v) is 5.32. The topological polar surface area (TPSA) is 49.4 Å². The van der Waals surface area contributed by atoms with Gasteiger partial charge in [-0.15, -0.1) is 0 Å². The van der Waals surface area contributed by atoms with E-state index in [0.29, 0.717) is 5.92 Å². The van der Waals surface area contributed by atoms with Crippen LogP contribution >= 0.6 is 0 Å². The smallest absolute Gasteiger partial charge is 0.241 e. The Morgan fingerprint density at radius 3 is 2.56 bits per heavy atom. The Labute approximate surface area is 110 Å². The van der Waals surface area contributed by atoms with E-state index in [2.05, 4.69) is 12.2 Å². The number of hydrogen-bond donors (Lipinski definition) is 1. The highest BCUT2D eigenvalue weighted by Crippen LogP contribution is 2.15. The SMILES string of the molecule is CCC(CC)C(=O)NCC(=O)N1CCCC(C)C1. The fourth-order valence-corrected chi connectivity index (χ4v) is 2.49. The third kappa shape index (κ3) is 4.31. The maximum absolute atomic E-state index is 12.0. The lowest BCUT2D eigenvalue weighted by atomic mass is 10.0. The number of amides is 2. The molecule has 1 heterocycles. The van der Waals surface area contributed by atoms with Crippen LogP contribution in [0.5, 0.6) is 0 Å².